The Labute approximate surface area is 67.0 Å². The van der Waals surface area contributed by atoms with Gasteiger partial charge in [0.25, 0.3) is 0 Å². The Balaban J connectivity index is 2.27. The summed E-state index contributed by atoms with van der Waals surface area (Å²) in [5.41, 5.74) is 1.36. The molecule has 1 aromatic rings. The molecule has 0 aliphatic carbocycles. The van der Waals surface area contributed by atoms with Crippen LogP contribution in [0.25, 0.3) is 0 Å². The number of fused-ring (bicyclic) bond motifs is 1. The molecule has 0 amide bonds. The van der Waals surface area contributed by atoms with Gasteiger partial charge in [-0.2, -0.15) is 0 Å². The van der Waals surface area contributed by atoms with Gasteiger partial charge in [0.1, 0.15) is 11.9 Å². The Bertz CT molecular complexity index is 230. The number of ether oxygens (including phenoxy) is 1. The standard InChI is InChI=1S/C10H12O/c1-2-9-7-8-5-3-4-6-10(8)11-9/h3-6,9H,2,7H2,1H3. The number of benzene rings is 1. The van der Waals surface area contributed by atoms with E-state index in [1.165, 1.54) is 5.56 Å². The topological polar surface area (TPSA) is 9.23 Å². The maximum atomic E-state index is 5.66. The average Bonchev–Trinajstić information content (AvgIpc) is 2.46. The molecule has 0 saturated carbocycles. The quantitative estimate of drug-likeness (QED) is 0.594. The third-order valence-electron chi connectivity index (χ3n) is 2.17. The van der Waals surface area contributed by atoms with Crippen molar-refractivity contribution in [2.24, 2.45) is 0 Å². The minimum Gasteiger partial charge on any atom is -0.490 e. The van der Waals surface area contributed by atoms with Gasteiger partial charge < -0.3 is 4.74 Å². The molecule has 0 radical (unpaired) electrons. The second kappa shape index (κ2) is 2.57. The second-order valence-electron chi connectivity index (χ2n) is 2.96. The van der Waals surface area contributed by atoms with Gasteiger partial charge in [0.15, 0.2) is 0 Å². The maximum Gasteiger partial charge on any atom is 0.123 e. The maximum absolute atomic E-state index is 5.66. The average molecular weight is 148 g/mol. The van der Waals surface area contributed by atoms with Crippen LogP contribution < -0.4 is 4.74 Å². The van der Waals surface area contributed by atoms with Crippen molar-refractivity contribution >= 4 is 0 Å². The molecule has 2 rings (SSSR count). The van der Waals surface area contributed by atoms with Crippen LogP contribution in [0.1, 0.15) is 18.9 Å². The molecule has 0 aromatic heterocycles. The summed E-state index contributed by atoms with van der Waals surface area (Å²) in [5, 5.41) is 0. The van der Waals surface area contributed by atoms with E-state index in [4.69, 9.17) is 4.74 Å². The Morgan fingerprint density at radius 2 is 2.27 bits per heavy atom. The van der Waals surface area contributed by atoms with Gasteiger partial charge in [-0.1, -0.05) is 25.1 Å². The molecule has 0 saturated heterocycles. The van der Waals surface area contributed by atoms with Gasteiger partial charge in [-0.25, -0.2) is 0 Å². The summed E-state index contributed by atoms with van der Waals surface area (Å²) in [6.07, 6.45) is 2.62. The Hall–Kier alpha value is -0.980. The third-order valence-corrected chi connectivity index (χ3v) is 2.17. The molecule has 1 aromatic carbocycles. The summed E-state index contributed by atoms with van der Waals surface area (Å²) in [5.74, 6) is 1.08. The highest BCUT2D eigenvalue weighted by atomic mass is 16.5. The van der Waals surface area contributed by atoms with E-state index in [2.05, 4.69) is 19.1 Å². The highest BCUT2D eigenvalue weighted by Crippen LogP contribution is 2.28. The van der Waals surface area contributed by atoms with Gasteiger partial charge >= 0.3 is 0 Å². The van der Waals surface area contributed by atoms with Crippen molar-refractivity contribution in [2.75, 3.05) is 0 Å². The molecule has 1 aliphatic heterocycles. The summed E-state index contributed by atoms with van der Waals surface area (Å²) < 4.78 is 5.66. The number of rotatable bonds is 1. The normalized spacial score (nSPS) is 21.0. The van der Waals surface area contributed by atoms with Crippen molar-refractivity contribution in [3.8, 4) is 5.75 Å². The van der Waals surface area contributed by atoms with Crippen molar-refractivity contribution in [1.29, 1.82) is 0 Å². The first-order valence-electron chi connectivity index (χ1n) is 4.14. The van der Waals surface area contributed by atoms with E-state index in [1.807, 2.05) is 12.1 Å². The lowest BCUT2D eigenvalue weighted by molar-refractivity contribution is 0.228. The van der Waals surface area contributed by atoms with Gasteiger partial charge in [-0.05, 0) is 18.1 Å². The predicted molar refractivity (Wildman–Crippen MR) is 44.9 cm³/mol. The van der Waals surface area contributed by atoms with Crippen LogP contribution in [0.5, 0.6) is 5.75 Å². The molecule has 0 N–H and O–H groups in total. The highest BCUT2D eigenvalue weighted by Gasteiger charge is 2.19. The van der Waals surface area contributed by atoms with E-state index < -0.39 is 0 Å². The monoisotopic (exact) mass is 148 g/mol. The summed E-state index contributed by atoms with van der Waals surface area (Å²) in [4.78, 5) is 0. The zero-order chi connectivity index (χ0) is 7.68. The Kier molecular flexibility index (Phi) is 1.57. The van der Waals surface area contributed by atoms with E-state index in [-0.39, 0.29) is 0 Å². The zero-order valence-electron chi connectivity index (χ0n) is 6.71. The summed E-state index contributed by atoms with van der Waals surface area (Å²) in [7, 11) is 0. The van der Waals surface area contributed by atoms with Crippen molar-refractivity contribution < 1.29 is 4.74 Å². The molecule has 0 bridgehead atoms. The molecule has 11 heavy (non-hydrogen) atoms. The molecule has 1 atom stereocenters. The van der Waals surface area contributed by atoms with Crippen LogP contribution in [-0.2, 0) is 6.42 Å². The molecule has 1 aliphatic rings. The van der Waals surface area contributed by atoms with Crippen LogP contribution in [-0.4, -0.2) is 6.10 Å². The first kappa shape index (κ1) is 6.71. The molecule has 1 heteroatoms. The SMILES string of the molecule is CCC1Cc2ccccc2O1. The molecule has 0 fully saturated rings. The summed E-state index contributed by atoms with van der Waals surface area (Å²) in [6.45, 7) is 2.16. The van der Waals surface area contributed by atoms with Crippen LogP contribution in [0.4, 0.5) is 0 Å². The van der Waals surface area contributed by atoms with Gasteiger partial charge in [0, 0.05) is 6.42 Å². The van der Waals surface area contributed by atoms with Crippen molar-refractivity contribution in [2.45, 2.75) is 25.9 Å². The molecule has 1 heterocycles. The van der Waals surface area contributed by atoms with Crippen LogP contribution in [0.15, 0.2) is 24.3 Å². The van der Waals surface area contributed by atoms with Crippen LogP contribution in [0.3, 0.4) is 0 Å². The molecule has 58 valence electrons. The van der Waals surface area contributed by atoms with E-state index in [9.17, 15) is 0 Å². The van der Waals surface area contributed by atoms with E-state index >= 15 is 0 Å². The van der Waals surface area contributed by atoms with Gasteiger partial charge in [0.2, 0.25) is 0 Å². The first-order valence-corrected chi connectivity index (χ1v) is 4.14. The minimum absolute atomic E-state index is 0.424. The van der Waals surface area contributed by atoms with Gasteiger partial charge in [0.05, 0.1) is 0 Å². The lowest BCUT2D eigenvalue weighted by Gasteiger charge is -2.05. The van der Waals surface area contributed by atoms with Crippen LogP contribution in [0, 0.1) is 0 Å². The minimum atomic E-state index is 0.424. The molecular weight excluding hydrogens is 136 g/mol. The molecular formula is C10H12O. The lowest BCUT2D eigenvalue weighted by Crippen LogP contribution is -2.10. The fraction of sp³-hybridized carbons (Fsp3) is 0.400. The summed E-state index contributed by atoms with van der Waals surface area (Å²) >= 11 is 0. The fourth-order valence-corrected chi connectivity index (χ4v) is 1.48. The fourth-order valence-electron chi connectivity index (χ4n) is 1.48. The van der Waals surface area contributed by atoms with Crippen LogP contribution >= 0.6 is 0 Å². The zero-order valence-corrected chi connectivity index (χ0v) is 6.71. The molecule has 1 unspecified atom stereocenters. The number of hydrogen-bond acceptors (Lipinski definition) is 1. The third kappa shape index (κ3) is 1.11. The predicted octanol–water partition coefficient (Wildman–Crippen LogP) is 2.40. The van der Waals surface area contributed by atoms with Crippen molar-refractivity contribution in [1.82, 2.24) is 0 Å². The largest absolute Gasteiger partial charge is 0.490 e. The lowest BCUT2D eigenvalue weighted by atomic mass is 10.1. The summed E-state index contributed by atoms with van der Waals surface area (Å²) in [6, 6.07) is 8.28. The van der Waals surface area contributed by atoms with Crippen molar-refractivity contribution in [3.63, 3.8) is 0 Å². The molecule has 0 spiro atoms. The van der Waals surface area contributed by atoms with E-state index in [0.29, 0.717) is 6.10 Å². The Morgan fingerprint density at radius 1 is 1.45 bits per heavy atom. The Morgan fingerprint density at radius 3 is 3.00 bits per heavy atom. The first-order chi connectivity index (χ1) is 5.40. The van der Waals surface area contributed by atoms with Crippen LogP contribution in [0.2, 0.25) is 0 Å². The van der Waals surface area contributed by atoms with Crippen molar-refractivity contribution in [3.05, 3.63) is 29.8 Å². The van der Waals surface area contributed by atoms with Gasteiger partial charge in [-0.15, -0.1) is 0 Å². The smallest absolute Gasteiger partial charge is 0.123 e. The van der Waals surface area contributed by atoms with Gasteiger partial charge in [-0.3, -0.25) is 0 Å². The van der Waals surface area contributed by atoms with E-state index in [1.54, 1.807) is 0 Å². The van der Waals surface area contributed by atoms with E-state index in [0.717, 1.165) is 18.6 Å². The second-order valence-corrected chi connectivity index (χ2v) is 2.96. The highest BCUT2D eigenvalue weighted by molar-refractivity contribution is 5.37. The molecule has 1 nitrogen and oxygen atoms in total. The number of hydrogen-bond donors (Lipinski definition) is 0. The number of para-hydroxylation sites is 1.